The minimum absolute atomic E-state index is 0.707. The van der Waals surface area contributed by atoms with Gasteiger partial charge in [0, 0.05) is 24.5 Å². The summed E-state index contributed by atoms with van der Waals surface area (Å²) < 4.78 is 10.9. The van der Waals surface area contributed by atoms with E-state index in [4.69, 9.17) is 9.47 Å². The zero-order valence-electron chi connectivity index (χ0n) is 14.3. The van der Waals surface area contributed by atoms with Crippen molar-refractivity contribution in [2.75, 3.05) is 32.2 Å². The lowest BCUT2D eigenvalue weighted by Gasteiger charge is -2.18. The number of hydrogen-bond acceptors (Lipinski definition) is 5. The van der Waals surface area contributed by atoms with Gasteiger partial charge in [0.2, 0.25) is 0 Å². The summed E-state index contributed by atoms with van der Waals surface area (Å²) in [7, 11) is 3.30. The van der Waals surface area contributed by atoms with Crippen molar-refractivity contribution in [3.8, 4) is 11.5 Å². The molecule has 1 N–H and O–H groups in total. The molecule has 0 bridgehead atoms. The maximum Gasteiger partial charge on any atom is 0.162 e. The first-order valence-electron chi connectivity index (χ1n) is 8.38. The van der Waals surface area contributed by atoms with Crippen molar-refractivity contribution in [3.63, 3.8) is 0 Å². The SMILES string of the molecule is CCC1CCN(c2ncnc3[nH]c4cc(OC)c(OC)cc4c23)C1. The maximum absolute atomic E-state index is 5.47. The third-order valence-electron chi connectivity index (χ3n) is 5.04. The van der Waals surface area contributed by atoms with Gasteiger partial charge < -0.3 is 19.4 Å². The van der Waals surface area contributed by atoms with Crippen LogP contribution in [0.5, 0.6) is 11.5 Å². The molecule has 3 heterocycles. The summed E-state index contributed by atoms with van der Waals surface area (Å²) in [5.74, 6) is 3.18. The number of H-pyrrole nitrogens is 1. The number of methoxy groups -OCH3 is 2. The molecule has 3 aromatic rings. The highest BCUT2D eigenvalue weighted by Crippen LogP contribution is 2.39. The molecule has 1 aromatic carbocycles. The summed E-state index contributed by atoms with van der Waals surface area (Å²) in [5.41, 5.74) is 1.83. The van der Waals surface area contributed by atoms with Gasteiger partial charge in [0.15, 0.2) is 11.5 Å². The summed E-state index contributed by atoms with van der Waals surface area (Å²) in [6, 6.07) is 3.96. The van der Waals surface area contributed by atoms with Crippen LogP contribution in [0, 0.1) is 5.92 Å². The van der Waals surface area contributed by atoms with Crippen molar-refractivity contribution in [1.29, 1.82) is 0 Å². The molecule has 2 aromatic heterocycles. The van der Waals surface area contributed by atoms with E-state index in [9.17, 15) is 0 Å². The third kappa shape index (κ3) is 2.25. The standard InChI is InChI=1S/C18H22N4O2/c1-4-11-5-6-22(9-11)18-16-12-7-14(23-2)15(24-3)8-13(12)21-17(16)19-10-20-18/h7-8,10-11H,4-6,9H2,1-3H3,(H,19,20,21). The normalized spacial score (nSPS) is 17.8. The lowest BCUT2D eigenvalue weighted by molar-refractivity contribution is 0.356. The molecule has 1 atom stereocenters. The summed E-state index contributed by atoms with van der Waals surface area (Å²) in [6.45, 7) is 4.36. The summed E-state index contributed by atoms with van der Waals surface area (Å²) in [5, 5.41) is 2.13. The molecule has 24 heavy (non-hydrogen) atoms. The van der Waals surface area contributed by atoms with Gasteiger partial charge in [-0.3, -0.25) is 0 Å². The molecule has 6 nitrogen and oxygen atoms in total. The van der Waals surface area contributed by atoms with Gasteiger partial charge in [-0.15, -0.1) is 0 Å². The number of anilines is 1. The molecular formula is C18H22N4O2. The molecule has 0 spiro atoms. The van der Waals surface area contributed by atoms with E-state index >= 15 is 0 Å². The van der Waals surface area contributed by atoms with Crippen LogP contribution in [-0.2, 0) is 0 Å². The first kappa shape index (κ1) is 15.1. The van der Waals surface area contributed by atoms with Crippen LogP contribution < -0.4 is 14.4 Å². The zero-order valence-corrected chi connectivity index (χ0v) is 14.3. The molecule has 1 saturated heterocycles. The van der Waals surface area contributed by atoms with Gasteiger partial charge in [0.1, 0.15) is 17.8 Å². The van der Waals surface area contributed by atoms with Crippen molar-refractivity contribution in [2.24, 2.45) is 5.92 Å². The van der Waals surface area contributed by atoms with Crippen LogP contribution in [0.3, 0.4) is 0 Å². The number of aromatic amines is 1. The Hall–Kier alpha value is -2.50. The van der Waals surface area contributed by atoms with E-state index in [1.165, 1.54) is 12.8 Å². The van der Waals surface area contributed by atoms with Gasteiger partial charge in [0.25, 0.3) is 0 Å². The Morgan fingerprint density at radius 1 is 1.21 bits per heavy atom. The molecule has 0 radical (unpaired) electrons. The third-order valence-corrected chi connectivity index (χ3v) is 5.04. The first-order chi connectivity index (χ1) is 11.7. The lowest BCUT2D eigenvalue weighted by atomic mass is 10.1. The molecule has 0 saturated carbocycles. The molecule has 126 valence electrons. The van der Waals surface area contributed by atoms with E-state index in [2.05, 4.69) is 26.8 Å². The second-order valence-electron chi connectivity index (χ2n) is 6.31. The number of nitrogens with one attached hydrogen (secondary N) is 1. The van der Waals surface area contributed by atoms with Gasteiger partial charge in [0.05, 0.1) is 25.1 Å². The molecule has 1 aliphatic heterocycles. The predicted octanol–water partition coefficient (Wildman–Crippen LogP) is 3.36. The number of ether oxygens (including phenoxy) is 2. The van der Waals surface area contributed by atoms with Crippen LogP contribution in [-0.4, -0.2) is 42.3 Å². The zero-order chi connectivity index (χ0) is 16.7. The Kier molecular flexibility index (Phi) is 3.67. The van der Waals surface area contributed by atoms with Crippen LogP contribution in [0.1, 0.15) is 19.8 Å². The summed E-state index contributed by atoms with van der Waals surface area (Å²) in [6.07, 6.45) is 4.08. The van der Waals surface area contributed by atoms with Crippen molar-refractivity contribution in [1.82, 2.24) is 15.0 Å². The Balaban J connectivity index is 1.92. The van der Waals surface area contributed by atoms with Crippen molar-refractivity contribution in [2.45, 2.75) is 19.8 Å². The second-order valence-corrected chi connectivity index (χ2v) is 6.31. The Morgan fingerprint density at radius 2 is 2.00 bits per heavy atom. The van der Waals surface area contributed by atoms with Crippen molar-refractivity contribution < 1.29 is 9.47 Å². The van der Waals surface area contributed by atoms with Crippen LogP contribution >= 0.6 is 0 Å². The molecule has 1 aliphatic rings. The smallest absolute Gasteiger partial charge is 0.162 e. The lowest BCUT2D eigenvalue weighted by Crippen LogP contribution is -2.21. The van der Waals surface area contributed by atoms with E-state index < -0.39 is 0 Å². The van der Waals surface area contributed by atoms with Crippen LogP contribution in [0.15, 0.2) is 18.5 Å². The van der Waals surface area contributed by atoms with Gasteiger partial charge in [-0.1, -0.05) is 13.3 Å². The highest BCUT2D eigenvalue weighted by molar-refractivity contribution is 6.12. The Bertz CT molecular complexity index is 889. The predicted molar refractivity (Wildman–Crippen MR) is 95.1 cm³/mol. The minimum Gasteiger partial charge on any atom is -0.493 e. The highest BCUT2D eigenvalue weighted by Gasteiger charge is 2.25. The largest absolute Gasteiger partial charge is 0.493 e. The number of aromatic nitrogens is 3. The number of hydrogen-bond donors (Lipinski definition) is 1. The molecular weight excluding hydrogens is 304 g/mol. The molecule has 4 rings (SSSR count). The number of fused-ring (bicyclic) bond motifs is 3. The fourth-order valence-corrected chi connectivity index (χ4v) is 3.63. The first-order valence-corrected chi connectivity index (χ1v) is 8.38. The van der Waals surface area contributed by atoms with Gasteiger partial charge in [-0.25, -0.2) is 9.97 Å². The molecule has 0 aliphatic carbocycles. The van der Waals surface area contributed by atoms with E-state index in [0.29, 0.717) is 11.5 Å². The quantitative estimate of drug-likeness (QED) is 0.796. The van der Waals surface area contributed by atoms with E-state index in [-0.39, 0.29) is 0 Å². The number of nitrogens with zero attached hydrogens (tertiary/aromatic N) is 3. The summed E-state index contributed by atoms with van der Waals surface area (Å²) >= 11 is 0. The van der Waals surface area contributed by atoms with Crippen LogP contribution in [0.2, 0.25) is 0 Å². The van der Waals surface area contributed by atoms with Crippen LogP contribution in [0.4, 0.5) is 5.82 Å². The van der Waals surface area contributed by atoms with E-state index in [1.54, 1.807) is 20.5 Å². The topological polar surface area (TPSA) is 63.3 Å². The average Bonchev–Trinajstić information content (AvgIpc) is 3.24. The Labute approximate surface area is 140 Å². The van der Waals surface area contributed by atoms with Crippen molar-refractivity contribution in [3.05, 3.63) is 18.5 Å². The number of rotatable bonds is 4. The molecule has 0 amide bonds. The van der Waals surface area contributed by atoms with E-state index in [1.807, 2.05) is 12.1 Å². The van der Waals surface area contributed by atoms with Crippen LogP contribution in [0.25, 0.3) is 21.9 Å². The van der Waals surface area contributed by atoms with Gasteiger partial charge >= 0.3 is 0 Å². The average molecular weight is 326 g/mol. The molecule has 1 fully saturated rings. The van der Waals surface area contributed by atoms with E-state index in [0.717, 1.165) is 46.8 Å². The Morgan fingerprint density at radius 3 is 2.71 bits per heavy atom. The van der Waals surface area contributed by atoms with Gasteiger partial charge in [-0.2, -0.15) is 0 Å². The monoisotopic (exact) mass is 326 g/mol. The second kappa shape index (κ2) is 5.85. The molecule has 6 heteroatoms. The highest BCUT2D eigenvalue weighted by atomic mass is 16.5. The number of benzene rings is 1. The molecule has 1 unspecified atom stereocenters. The summed E-state index contributed by atoms with van der Waals surface area (Å²) in [4.78, 5) is 14.8. The fraction of sp³-hybridized carbons (Fsp3) is 0.444. The fourth-order valence-electron chi connectivity index (χ4n) is 3.63. The maximum atomic E-state index is 5.47. The van der Waals surface area contributed by atoms with Crippen molar-refractivity contribution >= 4 is 27.8 Å². The van der Waals surface area contributed by atoms with Gasteiger partial charge in [-0.05, 0) is 18.4 Å². The minimum atomic E-state index is 0.707.